The Hall–Kier alpha value is -3.01. The maximum Gasteiger partial charge on any atom is 0.336 e. The van der Waals surface area contributed by atoms with E-state index < -0.39 is 5.97 Å². The molecule has 3 aromatic rings. The average molecular weight is 293 g/mol. The van der Waals surface area contributed by atoms with Crippen molar-refractivity contribution in [1.29, 1.82) is 0 Å². The number of carbonyl (C=O) groups is 1. The molecule has 2 N–H and O–H groups in total. The van der Waals surface area contributed by atoms with Gasteiger partial charge >= 0.3 is 5.97 Å². The second-order valence-corrected chi connectivity index (χ2v) is 4.88. The molecule has 0 radical (unpaired) electrons. The van der Waals surface area contributed by atoms with Gasteiger partial charge in [0.15, 0.2) is 0 Å². The molecule has 0 saturated heterocycles. The van der Waals surface area contributed by atoms with E-state index in [2.05, 4.69) is 4.98 Å². The van der Waals surface area contributed by atoms with Crippen LogP contribution in [0.5, 0.6) is 5.75 Å². The van der Waals surface area contributed by atoms with Crippen LogP contribution in [0.1, 0.15) is 11.1 Å². The van der Waals surface area contributed by atoms with E-state index in [1.165, 1.54) is 0 Å². The Morgan fingerprint density at radius 3 is 2.55 bits per heavy atom. The number of hydrogen-bond donors (Lipinski definition) is 2. The van der Waals surface area contributed by atoms with Crippen molar-refractivity contribution in [3.05, 3.63) is 65.9 Å². The number of H-pyrrole nitrogens is 1. The van der Waals surface area contributed by atoms with Gasteiger partial charge < -0.3 is 14.8 Å². The molecule has 4 heteroatoms. The Bertz CT molecular complexity index is 844. The van der Waals surface area contributed by atoms with Crippen molar-refractivity contribution in [3.8, 4) is 5.75 Å². The number of rotatable bonds is 4. The van der Waals surface area contributed by atoms with Crippen LogP contribution < -0.4 is 4.74 Å². The van der Waals surface area contributed by atoms with Gasteiger partial charge in [-0.2, -0.15) is 0 Å². The normalized spacial score (nSPS) is 11.6. The number of para-hydroxylation sites is 1. The standard InChI is InChI=1S/C18H15NO3/c1-22-14-8-6-12(7-9-14)16(18(20)21)10-13-11-19-17-5-3-2-4-15(13)17/h2-11,19H,1H3,(H,20,21)/b16-10+. The second kappa shape index (κ2) is 5.77. The Kier molecular flexibility index (Phi) is 3.66. The molecule has 0 amide bonds. The fourth-order valence-corrected chi connectivity index (χ4v) is 2.41. The molecule has 0 fully saturated rings. The number of methoxy groups -OCH3 is 1. The van der Waals surface area contributed by atoms with E-state index in [9.17, 15) is 9.90 Å². The third-order valence-electron chi connectivity index (χ3n) is 3.55. The van der Waals surface area contributed by atoms with Gasteiger partial charge in [0.05, 0.1) is 12.7 Å². The molecule has 2 aromatic carbocycles. The fourth-order valence-electron chi connectivity index (χ4n) is 2.41. The summed E-state index contributed by atoms with van der Waals surface area (Å²) in [5.41, 5.74) is 2.71. The molecule has 0 unspecified atom stereocenters. The molecule has 0 bridgehead atoms. The van der Waals surface area contributed by atoms with Crippen LogP contribution in [0, 0.1) is 0 Å². The Morgan fingerprint density at radius 1 is 1.14 bits per heavy atom. The summed E-state index contributed by atoms with van der Waals surface area (Å²) in [5.74, 6) is -0.268. The van der Waals surface area contributed by atoms with Crippen LogP contribution in [0.15, 0.2) is 54.7 Å². The van der Waals surface area contributed by atoms with Crippen LogP contribution in [-0.2, 0) is 4.79 Å². The highest BCUT2D eigenvalue weighted by Gasteiger charge is 2.12. The molecule has 1 heterocycles. The van der Waals surface area contributed by atoms with Gasteiger partial charge in [0.2, 0.25) is 0 Å². The Balaban J connectivity index is 2.08. The van der Waals surface area contributed by atoms with Crippen LogP contribution in [0.3, 0.4) is 0 Å². The molecule has 0 aliphatic heterocycles. The number of ether oxygens (including phenoxy) is 1. The number of hydrogen-bond acceptors (Lipinski definition) is 2. The number of fused-ring (bicyclic) bond motifs is 1. The molecule has 0 aliphatic carbocycles. The van der Waals surface area contributed by atoms with Crippen LogP contribution >= 0.6 is 0 Å². The van der Waals surface area contributed by atoms with Gasteiger partial charge in [-0.05, 0) is 29.8 Å². The van der Waals surface area contributed by atoms with Crippen molar-refractivity contribution < 1.29 is 14.6 Å². The summed E-state index contributed by atoms with van der Waals surface area (Å²) in [4.78, 5) is 14.8. The summed E-state index contributed by atoms with van der Waals surface area (Å²) < 4.78 is 5.10. The minimum absolute atomic E-state index is 0.243. The highest BCUT2D eigenvalue weighted by atomic mass is 16.5. The minimum Gasteiger partial charge on any atom is -0.497 e. The molecule has 0 atom stereocenters. The lowest BCUT2D eigenvalue weighted by atomic mass is 10.0. The van der Waals surface area contributed by atoms with Gasteiger partial charge in [-0.15, -0.1) is 0 Å². The molecular formula is C18H15NO3. The molecule has 22 heavy (non-hydrogen) atoms. The van der Waals surface area contributed by atoms with E-state index in [0.29, 0.717) is 11.3 Å². The summed E-state index contributed by atoms with van der Waals surface area (Å²) >= 11 is 0. The van der Waals surface area contributed by atoms with Crippen molar-refractivity contribution in [2.75, 3.05) is 7.11 Å². The lowest BCUT2D eigenvalue weighted by Gasteiger charge is -2.04. The number of nitrogens with one attached hydrogen (secondary N) is 1. The largest absolute Gasteiger partial charge is 0.497 e. The Labute approximate surface area is 127 Å². The highest BCUT2D eigenvalue weighted by molar-refractivity contribution is 6.21. The molecule has 0 spiro atoms. The Morgan fingerprint density at radius 2 is 1.86 bits per heavy atom. The fraction of sp³-hybridized carbons (Fsp3) is 0.0556. The van der Waals surface area contributed by atoms with Gasteiger partial charge in [-0.1, -0.05) is 30.3 Å². The predicted octanol–water partition coefficient (Wildman–Crippen LogP) is 3.80. The topological polar surface area (TPSA) is 62.3 Å². The minimum atomic E-state index is -0.963. The second-order valence-electron chi connectivity index (χ2n) is 4.88. The summed E-state index contributed by atoms with van der Waals surface area (Å²) in [6, 6.07) is 14.8. The average Bonchev–Trinajstić information content (AvgIpc) is 2.95. The monoisotopic (exact) mass is 293 g/mol. The maximum atomic E-state index is 11.6. The zero-order valence-corrected chi connectivity index (χ0v) is 12.0. The van der Waals surface area contributed by atoms with Crippen molar-refractivity contribution in [1.82, 2.24) is 4.98 Å². The molecule has 3 rings (SSSR count). The maximum absolute atomic E-state index is 11.6. The van der Waals surface area contributed by atoms with Crippen molar-refractivity contribution >= 4 is 28.5 Å². The number of aliphatic carboxylic acids is 1. The summed E-state index contributed by atoms with van der Waals surface area (Å²) in [7, 11) is 1.58. The van der Waals surface area contributed by atoms with Gasteiger partial charge in [-0.25, -0.2) is 4.79 Å². The molecule has 1 aromatic heterocycles. The van der Waals surface area contributed by atoms with Crippen molar-refractivity contribution in [2.24, 2.45) is 0 Å². The summed E-state index contributed by atoms with van der Waals surface area (Å²) in [5, 5.41) is 10.5. The van der Waals surface area contributed by atoms with Crippen LogP contribution in [0.4, 0.5) is 0 Å². The van der Waals surface area contributed by atoms with Crippen molar-refractivity contribution in [3.63, 3.8) is 0 Å². The first kappa shape index (κ1) is 13.9. The van der Waals surface area contributed by atoms with Crippen molar-refractivity contribution in [2.45, 2.75) is 0 Å². The number of carboxylic acid groups (broad SMARTS) is 1. The van der Waals surface area contributed by atoms with Gasteiger partial charge in [0.1, 0.15) is 5.75 Å². The smallest absolute Gasteiger partial charge is 0.336 e. The predicted molar refractivity (Wildman–Crippen MR) is 86.8 cm³/mol. The lowest BCUT2D eigenvalue weighted by molar-refractivity contribution is -0.130. The van der Waals surface area contributed by atoms with E-state index >= 15 is 0 Å². The van der Waals surface area contributed by atoms with Gasteiger partial charge in [0, 0.05) is 22.7 Å². The zero-order chi connectivity index (χ0) is 15.5. The van der Waals surface area contributed by atoms with Gasteiger partial charge in [0.25, 0.3) is 0 Å². The molecule has 0 aliphatic rings. The molecular weight excluding hydrogens is 278 g/mol. The van der Waals surface area contributed by atoms with Crippen LogP contribution in [0.25, 0.3) is 22.6 Å². The first-order chi connectivity index (χ1) is 10.7. The van der Waals surface area contributed by atoms with Crippen LogP contribution in [0.2, 0.25) is 0 Å². The van der Waals surface area contributed by atoms with E-state index in [1.807, 2.05) is 30.5 Å². The number of aromatic amines is 1. The number of carboxylic acids is 1. The first-order valence-electron chi connectivity index (χ1n) is 6.84. The molecule has 0 saturated carbocycles. The van der Waals surface area contributed by atoms with E-state index in [-0.39, 0.29) is 5.57 Å². The SMILES string of the molecule is COc1ccc(/C(=C\c2c[nH]c3ccccc23)C(=O)O)cc1. The third-order valence-corrected chi connectivity index (χ3v) is 3.55. The van der Waals surface area contributed by atoms with E-state index in [0.717, 1.165) is 16.5 Å². The van der Waals surface area contributed by atoms with Gasteiger partial charge in [-0.3, -0.25) is 0 Å². The molecule has 4 nitrogen and oxygen atoms in total. The van der Waals surface area contributed by atoms with E-state index in [1.54, 1.807) is 37.5 Å². The third kappa shape index (κ3) is 2.59. The summed E-state index contributed by atoms with van der Waals surface area (Å²) in [6.45, 7) is 0. The van der Waals surface area contributed by atoms with Crippen LogP contribution in [-0.4, -0.2) is 23.2 Å². The molecule has 110 valence electrons. The number of benzene rings is 2. The zero-order valence-electron chi connectivity index (χ0n) is 12.0. The lowest BCUT2D eigenvalue weighted by Crippen LogP contribution is -1.99. The first-order valence-corrected chi connectivity index (χ1v) is 6.84. The number of aromatic nitrogens is 1. The highest BCUT2D eigenvalue weighted by Crippen LogP contribution is 2.25. The summed E-state index contributed by atoms with van der Waals surface area (Å²) in [6.07, 6.45) is 3.50. The van der Waals surface area contributed by atoms with E-state index in [4.69, 9.17) is 4.74 Å². The quantitative estimate of drug-likeness (QED) is 0.719.